The Balaban J connectivity index is 1.40. The zero-order valence-electron chi connectivity index (χ0n) is 18.9. The predicted molar refractivity (Wildman–Crippen MR) is 132 cm³/mol. The van der Waals surface area contributed by atoms with E-state index in [2.05, 4.69) is 10.6 Å². The quantitative estimate of drug-likeness (QED) is 0.341. The van der Waals surface area contributed by atoms with Crippen LogP contribution in [0.1, 0.15) is 21.7 Å². The van der Waals surface area contributed by atoms with Crippen LogP contribution in [0.15, 0.2) is 65.1 Å². The normalized spacial score (nSPS) is 10.7. The second-order valence-electron chi connectivity index (χ2n) is 7.73. The summed E-state index contributed by atoms with van der Waals surface area (Å²) in [6, 6.07) is 17.5. The van der Waals surface area contributed by atoms with Gasteiger partial charge in [0.2, 0.25) is 0 Å². The van der Waals surface area contributed by atoms with E-state index in [1.807, 2.05) is 32.0 Å². The number of carbonyl (C=O) groups is 2. The molecular weight excluding hydrogens is 456 g/mol. The van der Waals surface area contributed by atoms with E-state index in [4.69, 9.17) is 25.5 Å². The number of halogens is 1. The molecule has 0 radical (unpaired) electrons. The van der Waals surface area contributed by atoms with Gasteiger partial charge >= 0.3 is 0 Å². The number of benzene rings is 3. The van der Waals surface area contributed by atoms with Crippen LogP contribution >= 0.6 is 11.6 Å². The molecule has 0 aliphatic carbocycles. The molecule has 2 N–H and O–H groups in total. The molecule has 0 aliphatic rings. The van der Waals surface area contributed by atoms with Crippen molar-refractivity contribution in [3.05, 3.63) is 82.6 Å². The highest BCUT2D eigenvalue weighted by Gasteiger charge is 2.15. The summed E-state index contributed by atoms with van der Waals surface area (Å²) in [5.41, 5.74) is 3.32. The summed E-state index contributed by atoms with van der Waals surface area (Å²) < 4.78 is 16.6. The molecule has 3 aromatic carbocycles. The molecule has 7 nitrogen and oxygen atoms in total. The number of fused-ring (bicyclic) bond motifs is 1. The van der Waals surface area contributed by atoms with Gasteiger partial charge in [-0.3, -0.25) is 9.59 Å². The van der Waals surface area contributed by atoms with Crippen molar-refractivity contribution in [1.82, 2.24) is 0 Å². The predicted octanol–water partition coefficient (Wildman–Crippen LogP) is 5.98. The average molecular weight is 479 g/mol. The zero-order valence-corrected chi connectivity index (χ0v) is 19.7. The molecule has 0 unspecified atom stereocenters. The third kappa shape index (κ3) is 5.15. The Morgan fingerprint density at radius 3 is 2.41 bits per heavy atom. The van der Waals surface area contributed by atoms with Crippen molar-refractivity contribution in [3.8, 4) is 11.5 Å². The van der Waals surface area contributed by atoms with Gasteiger partial charge in [-0.1, -0.05) is 29.8 Å². The van der Waals surface area contributed by atoms with E-state index >= 15 is 0 Å². The molecule has 0 aliphatic heterocycles. The van der Waals surface area contributed by atoms with Gasteiger partial charge in [0.05, 0.1) is 12.8 Å². The first-order valence-corrected chi connectivity index (χ1v) is 10.9. The van der Waals surface area contributed by atoms with Crippen LogP contribution in [-0.4, -0.2) is 25.5 Å². The lowest BCUT2D eigenvalue weighted by Crippen LogP contribution is -2.20. The van der Waals surface area contributed by atoms with Crippen molar-refractivity contribution in [2.75, 3.05) is 24.4 Å². The Morgan fingerprint density at radius 2 is 1.71 bits per heavy atom. The van der Waals surface area contributed by atoms with Crippen LogP contribution < -0.4 is 20.1 Å². The fourth-order valence-electron chi connectivity index (χ4n) is 3.49. The fourth-order valence-corrected chi connectivity index (χ4v) is 3.59. The summed E-state index contributed by atoms with van der Waals surface area (Å²) in [5.74, 6) is 0.382. The number of furan rings is 1. The van der Waals surface area contributed by atoms with Gasteiger partial charge in [-0.05, 0) is 61.4 Å². The molecule has 0 bridgehead atoms. The molecule has 8 heteroatoms. The van der Waals surface area contributed by atoms with Crippen LogP contribution in [0.25, 0.3) is 11.0 Å². The Kier molecular flexibility index (Phi) is 6.75. The lowest BCUT2D eigenvalue weighted by atomic mass is 10.1. The highest BCUT2D eigenvalue weighted by molar-refractivity contribution is 6.32. The number of amides is 2. The molecule has 34 heavy (non-hydrogen) atoms. The average Bonchev–Trinajstić information content (AvgIpc) is 3.26. The molecule has 0 saturated carbocycles. The van der Waals surface area contributed by atoms with E-state index in [1.165, 1.54) is 7.11 Å². The third-order valence-electron chi connectivity index (χ3n) is 5.16. The van der Waals surface area contributed by atoms with Gasteiger partial charge in [0.25, 0.3) is 11.8 Å². The maximum atomic E-state index is 12.6. The number of rotatable bonds is 7. The number of nitrogens with one attached hydrogen (secondary N) is 2. The topological polar surface area (TPSA) is 89.8 Å². The molecule has 2 amide bonds. The van der Waals surface area contributed by atoms with Crippen molar-refractivity contribution >= 4 is 45.8 Å². The Bertz CT molecular complexity index is 1320. The molecule has 0 atom stereocenters. The van der Waals surface area contributed by atoms with E-state index in [9.17, 15) is 9.59 Å². The van der Waals surface area contributed by atoms with Gasteiger partial charge in [-0.2, -0.15) is 0 Å². The van der Waals surface area contributed by atoms with Crippen molar-refractivity contribution in [1.29, 1.82) is 0 Å². The molecule has 4 aromatic rings. The molecule has 0 fully saturated rings. The van der Waals surface area contributed by atoms with Crippen molar-refractivity contribution in [2.45, 2.75) is 13.8 Å². The highest BCUT2D eigenvalue weighted by Crippen LogP contribution is 2.29. The van der Waals surface area contributed by atoms with Gasteiger partial charge < -0.3 is 24.5 Å². The molecular formula is C26H23ClN2O5. The minimum Gasteiger partial charge on any atom is -0.494 e. The summed E-state index contributed by atoms with van der Waals surface area (Å²) in [5, 5.41) is 7.05. The molecule has 1 aromatic heterocycles. The van der Waals surface area contributed by atoms with Crippen LogP contribution in [0.2, 0.25) is 5.02 Å². The van der Waals surface area contributed by atoms with Crippen molar-refractivity contribution in [3.63, 3.8) is 0 Å². The first-order valence-electron chi connectivity index (χ1n) is 10.5. The van der Waals surface area contributed by atoms with E-state index in [1.54, 1.807) is 42.5 Å². The maximum Gasteiger partial charge on any atom is 0.291 e. The summed E-state index contributed by atoms with van der Waals surface area (Å²) in [6.45, 7) is 3.58. The summed E-state index contributed by atoms with van der Waals surface area (Å²) in [7, 11) is 1.48. The fraction of sp³-hybridized carbons (Fsp3) is 0.154. The van der Waals surface area contributed by atoms with Crippen molar-refractivity contribution in [2.24, 2.45) is 0 Å². The van der Waals surface area contributed by atoms with Gasteiger partial charge in [0, 0.05) is 22.2 Å². The third-order valence-corrected chi connectivity index (χ3v) is 5.76. The first-order chi connectivity index (χ1) is 16.3. The summed E-state index contributed by atoms with van der Waals surface area (Å²) in [4.78, 5) is 25.0. The van der Waals surface area contributed by atoms with E-state index < -0.39 is 5.91 Å². The van der Waals surface area contributed by atoms with E-state index in [0.717, 1.165) is 16.5 Å². The molecule has 0 spiro atoms. The van der Waals surface area contributed by atoms with E-state index in [0.29, 0.717) is 33.5 Å². The maximum absolute atomic E-state index is 12.6. The number of aryl methyl sites for hydroxylation is 2. The number of anilines is 2. The lowest BCUT2D eigenvalue weighted by molar-refractivity contribution is -0.118. The minimum atomic E-state index is -0.409. The summed E-state index contributed by atoms with van der Waals surface area (Å²) in [6.07, 6.45) is 0. The van der Waals surface area contributed by atoms with Gasteiger partial charge in [-0.25, -0.2) is 0 Å². The number of hydrogen-bond donors (Lipinski definition) is 2. The van der Waals surface area contributed by atoms with E-state index in [-0.39, 0.29) is 18.3 Å². The van der Waals surface area contributed by atoms with Gasteiger partial charge in [0.1, 0.15) is 17.1 Å². The lowest BCUT2D eigenvalue weighted by Gasteiger charge is -2.13. The Hall–Kier alpha value is -3.97. The SMILES string of the molecule is COc1cc(NC(=O)COc2cc(C)c(Cl)c(C)c2)ccc1NC(=O)c1cc2ccccc2o1. The van der Waals surface area contributed by atoms with Gasteiger partial charge in [-0.15, -0.1) is 0 Å². The molecule has 1 heterocycles. The highest BCUT2D eigenvalue weighted by atomic mass is 35.5. The molecule has 0 saturated heterocycles. The van der Waals surface area contributed by atoms with Crippen molar-refractivity contribution < 1.29 is 23.5 Å². The summed E-state index contributed by atoms with van der Waals surface area (Å²) >= 11 is 6.17. The second kappa shape index (κ2) is 9.89. The Labute approximate surface area is 201 Å². The first kappa shape index (κ1) is 23.2. The number of carbonyl (C=O) groups excluding carboxylic acids is 2. The minimum absolute atomic E-state index is 0.173. The standard InChI is InChI=1S/C26H23ClN2O5/c1-15-10-19(11-16(2)25(15)27)33-14-24(30)28-18-8-9-20(22(13-18)32-3)29-26(31)23-12-17-6-4-5-7-21(17)34-23/h4-13H,14H2,1-3H3,(H,28,30)(H,29,31). The van der Waals surface area contributed by atoms with Gasteiger partial charge in [0.15, 0.2) is 12.4 Å². The monoisotopic (exact) mass is 478 g/mol. The van der Waals surface area contributed by atoms with Crippen LogP contribution in [0, 0.1) is 13.8 Å². The number of ether oxygens (including phenoxy) is 2. The second-order valence-corrected chi connectivity index (χ2v) is 8.10. The smallest absolute Gasteiger partial charge is 0.291 e. The van der Waals surface area contributed by atoms with Crippen LogP contribution in [0.5, 0.6) is 11.5 Å². The largest absolute Gasteiger partial charge is 0.494 e. The number of methoxy groups -OCH3 is 1. The zero-order chi connectivity index (χ0) is 24.2. The van der Waals surface area contributed by atoms with Crippen LogP contribution in [0.3, 0.4) is 0 Å². The Morgan fingerprint density at radius 1 is 0.971 bits per heavy atom. The molecule has 4 rings (SSSR count). The molecule has 174 valence electrons. The number of hydrogen-bond acceptors (Lipinski definition) is 5. The van der Waals surface area contributed by atoms with Crippen LogP contribution in [-0.2, 0) is 4.79 Å². The van der Waals surface area contributed by atoms with Crippen LogP contribution in [0.4, 0.5) is 11.4 Å². The number of para-hydroxylation sites is 1.